The number of piperazine rings is 2. The van der Waals surface area contributed by atoms with Gasteiger partial charge in [-0.3, -0.25) is 19.4 Å². The molecule has 1 aromatic heterocycles. The topological polar surface area (TPSA) is 92.9 Å². The SMILES string of the molecule is CCc1ccc(C(=O)N2CCN(CC(=O)N3CCN(CCOc4ccc(C(O)c5cc6ccc(N(CC)CC)cc6o5)cc4)CC3)CC2)cc1. The smallest absolute Gasteiger partial charge is 0.253 e. The Morgan fingerprint density at radius 2 is 1.46 bits per heavy atom. The van der Waals surface area contributed by atoms with Gasteiger partial charge in [0.2, 0.25) is 5.91 Å². The van der Waals surface area contributed by atoms with Crippen LogP contribution in [0.3, 0.4) is 0 Å². The Hall–Kier alpha value is -4.38. The third kappa shape index (κ3) is 8.49. The highest BCUT2D eigenvalue weighted by Crippen LogP contribution is 2.31. The zero-order chi connectivity index (χ0) is 35.0. The number of furan rings is 1. The van der Waals surface area contributed by atoms with Gasteiger partial charge in [0, 0.05) is 94.7 Å². The van der Waals surface area contributed by atoms with Crippen LogP contribution in [-0.4, -0.2) is 122 Å². The van der Waals surface area contributed by atoms with Crippen LogP contribution in [0.4, 0.5) is 5.69 Å². The van der Waals surface area contributed by atoms with Crippen molar-refractivity contribution < 1.29 is 23.8 Å². The summed E-state index contributed by atoms with van der Waals surface area (Å²) in [5, 5.41) is 12.0. The molecule has 2 saturated heterocycles. The molecule has 1 unspecified atom stereocenters. The Kier molecular flexibility index (Phi) is 11.7. The van der Waals surface area contributed by atoms with Crippen LogP contribution in [-0.2, 0) is 11.2 Å². The second kappa shape index (κ2) is 16.6. The predicted octanol–water partition coefficient (Wildman–Crippen LogP) is 4.90. The number of rotatable bonds is 13. The number of carbonyl (C=O) groups is 2. The van der Waals surface area contributed by atoms with E-state index in [9.17, 15) is 14.7 Å². The summed E-state index contributed by atoms with van der Waals surface area (Å²) in [6.45, 7) is 15.7. The van der Waals surface area contributed by atoms with Crippen molar-refractivity contribution in [2.75, 3.05) is 90.0 Å². The maximum Gasteiger partial charge on any atom is 0.253 e. The second-order valence-electron chi connectivity index (χ2n) is 13.2. The summed E-state index contributed by atoms with van der Waals surface area (Å²) in [6.07, 6.45) is 0.0911. The summed E-state index contributed by atoms with van der Waals surface area (Å²) in [5.74, 6) is 1.49. The molecule has 2 fully saturated rings. The van der Waals surface area contributed by atoms with E-state index in [-0.39, 0.29) is 11.8 Å². The van der Waals surface area contributed by atoms with Crippen molar-refractivity contribution >= 4 is 28.5 Å². The lowest BCUT2D eigenvalue weighted by Gasteiger charge is -2.38. The molecule has 10 heteroatoms. The van der Waals surface area contributed by atoms with Crippen LogP contribution in [0.2, 0.25) is 0 Å². The largest absolute Gasteiger partial charge is 0.492 e. The van der Waals surface area contributed by atoms with Crippen LogP contribution in [0.25, 0.3) is 11.0 Å². The van der Waals surface area contributed by atoms with Gasteiger partial charge in [0.1, 0.15) is 29.8 Å². The summed E-state index contributed by atoms with van der Waals surface area (Å²) in [5.41, 5.74) is 4.58. The van der Waals surface area contributed by atoms with Gasteiger partial charge in [0.25, 0.3) is 5.91 Å². The van der Waals surface area contributed by atoms with Gasteiger partial charge >= 0.3 is 0 Å². The van der Waals surface area contributed by atoms with Crippen LogP contribution < -0.4 is 9.64 Å². The summed E-state index contributed by atoms with van der Waals surface area (Å²) < 4.78 is 12.1. The highest BCUT2D eigenvalue weighted by atomic mass is 16.5. The van der Waals surface area contributed by atoms with Crippen LogP contribution >= 0.6 is 0 Å². The molecule has 266 valence electrons. The van der Waals surface area contributed by atoms with Gasteiger partial charge in [-0.05, 0) is 73.9 Å². The summed E-state index contributed by atoms with van der Waals surface area (Å²) in [7, 11) is 0. The molecule has 0 bridgehead atoms. The lowest BCUT2D eigenvalue weighted by atomic mass is 10.1. The first-order valence-corrected chi connectivity index (χ1v) is 18.1. The van der Waals surface area contributed by atoms with Gasteiger partial charge in [-0.1, -0.05) is 31.2 Å². The number of anilines is 1. The number of aryl methyl sites for hydroxylation is 1. The summed E-state index contributed by atoms with van der Waals surface area (Å²) in [4.78, 5) is 36.6. The molecule has 2 amide bonds. The van der Waals surface area contributed by atoms with E-state index in [1.807, 2.05) is 76.5 Å². The highest BCUT2D eigenvalue weighted by Gasteiger charge is 2.27. The van der Waals surface area contributed by atoms with E-state index in [4.69, 9.17) is 9.15 Å². The highest BCUT2D eigenvalue weighted by molar-refractivity contribution is 5.94. The minimum absolute atomic E-state index is 0.0677. The number of fused-ring (bicyclic) bond motifs is 1. The zero-order valence-electron chi connectivity index (χ0n) is 29.7. The number of carbonyl (C=O) groups excluding carboxylic acids is 2. The molecule has 4 aromatic rings. The van der Waals surface area contributed by atoms with Crippen LogP contribution in [0.5, 0.6) is 5.75 Å². The van der Waals surface area contributed by atoms with Gasteiger partial charge in [-0.2, -0.15) is 0 Å². The maximum absolute atomic E-state index is 13.1. The number of hydrogen-bond acceptors (Lipinski definition) is 8. The van der Waals surface area contributed by atoms with Crippen molar-refractivity contribution in [1.82, 2.24) is 19.6 Å². The van der Waals surface area contributed by atoms with Gasteiger partial charge in [0.15, 0.2) is 0 Å². The Bertz CT molecular complexity index is 1700. The van der Waals surface area contributed by atoms with Gasteiger partial charge in [-0.25, -0.2) is 0 Å². The van der Waals surface area contributed by atoms with Crippen LogP contribution in [0.15, 0.2) is 77.2 Å². The monoisotopic (exact) mass is 681 g/mol. The van der Waals surface area contributed by atoms with Crippen molar-refractivity contribution in [3.05, 3.63) is 95.2 Å². The Morgan fingerprint density at radius 3 is 2.12 bits per heavy atom. The van der Waals surface area contributed by atoms with E-state index < -0.39 is 6.10 Å². The average molecular weight is 682 g/mol. The van der Waals surface area contributed by atoms with Crippen LogP contribution in [0, 0.1) is 0 Å². The maximum atomic E-state index is 13.1. The molecule has 2 aliphatic heterocycles. The lowest BCUT2D eigenvalue weighted by molar-refractivity contribution is -0.134. The minimum atomic E-state index is -0.866. The normalized spacial score (nSPS) is 16.5. The first-order valence-electron chi connectivity index (χ1n) is 18.1. The number of amides is 2. The number of benzene rings is 3. The molecule has 3 aromatic carbocycles. The fraction of sp³-hybridized carbons (Fsp3) is 0.450. The zero-order valence-corrected chi connectivity index (χ0v) is 29.7. The molecular formula is C40H51N5O5. The molecule has 6 rings (SSSR count). The first-order chi connectivity index (χ1) is 24.3. The van der Waals surface area contributed by atoms with Crippen LogP contribution in [0.1, 0.15) is 54.1 Å². The summed E-state index contributed by atoms with van der Waals surface area (Å²) >= 11 is 0. The quantitative estimate of drug-likeness (QED) is 0.213. The number of nitrogens with zero attached hydrogens (tertiary/aromatic N) is 5. The Labute approximate surface area is 295 Å². The molecule has 0 saturated carbocycles. The molecular weight excluding hydrogens is 630 g/mol. The van der Waals surface area contributed by atoms with E-state index in [1.165, 1.54) is 5.56 Å². The predicted molar refractivity (Wildman–Crippen MR) is 197 cm³/mol. The third-order valence-electron chi connectivity index (χ3n) is 10.1. The first kappa shape index (κ1) is 35.4. The van der Waals surface area contributed by atoms with E-state index >= 15 is 0 Å². The fourth-order valence-corrected chi connectivity index (χ4v) is 6.85. The Balaban J connectivity index is 0.891. The number of aliphatic hydroxyl groups is 1. The second-order valence-corrected chi connectivity index (χ2v) is 13.2. The van der Waals surface area contributed by atoms with Gasteiger partial charge in [0.05, 0.1) is 6.54 Å². The van der Waals surface area contributed by atoms with E-state index in [2.05, 4.69) is 41.5 Å². The molecule has 10 nitrogen and oxygen atoms in total. The number of aliphatic hydroxyl groups excluding tert-OH is 1. The van der Waals surface area contributed by atoms with Crippen molar-refractivity contribution in [2.24, 2.45) is 0 Å². The molecule has 0 spiro atoms. The van der Waals surface area contributed by atoms with Gasteiger partial charge in [-0.15, -0.1) is 0 Å². The standard InChI is InChI=1S/C40H51N5O5/c1-4-30-7-9-32(10-8-30)40(48)45-23-19-42(20-24-45)29-38(46)44-21-17-41(18-22-44)25-26-49-35-15-12-31(13-16-35)39(47)37-27-33-11-14-34(28-36(33)50-37)43(5-2)6-3/h7-16,27-28,39,47H,4-6,17-26,29H2,1-3H3. The van der Waals surface area contributed by atoms with Gasteiger partial charge < -0.3 is 29.0 Å². The minimum Gasteiger partial charge on any atom is -0.492 e. The molecule has 2 aliphatic rings. The Morgan fingerprint density at radius 1 is 0.800 bits per heavy atom. The van der Waals surface area contributed by atoms with Crippen molar-refractivity contribution in [3.8, 4) is 5.75 Å². The summed E-state index contributed by atoms with van der Waals surface area (Å²) in [6, 6.07) is 23.5. The van der Waals surface area contributed by atoms with Crippen molar-refractivity contribution in [1.29, 1.82) is 0 Å². The van der Waals surface area contributed by atoms with E-state index in [1.54, 1.807) is 0 Å². The molecule has 0 radical (unpaired) electrons. The molecule has 1 N–H and O–H groups in total. The number of ether oxygens (including phenoxy) is 1. The van der Waals surface area contributed by atoms with Crippen molar-refractivity contribution in [3.63, 3.8) is 0 Å². The van der Waals surface area contributed by atoms with E-state index in [0.29, 0.717) is 58.2 Å². The fourth-order valence-electron chi connectivity index (χ4n) is 6.85. The lowest BCUT2D eigenvalue weighted by Crippen LogP contribution is -2.54. The number of hydrogen-bond donors (Lipinski definition) is 1. The average Bonchev–Trinajstić information content (AvgIpc) is 3.59. The molecule has 1 atom stereocenters. The molecule has 3 heterocycles. The third-order valence-corrected chi connectivity index (χ3v) is 10.1. The van der Waals surface area contributed by atoms with Crippen molar-refractivity contribution in [2.45, 2.75) is 33.3 Å². The molecule has 50 heavy (non-hydrogen) atoms. The van der Waals surface area contributed by atoms with E-state index in [0.717, 1.165) is 72.7 Å². The molecule has 0 aliphatic carbocycles.